The van der Waals surface area contributed by atoms with Gasteiger partial charge in [-0.2, -0.15) is 0 Å². The molecule has 0 spiro atoms. The van der Waals surface area contributed by atoms with Gasteiger partial charge in [-0.1, -0.05) is 35.3 Å². The molecule has 0 saturated heterocycles. The Morgan fingerprint density at radius 3 is 2.68 bits per heavy atom. The van der Waals surface area contributed by atoms with Crippen LogP contribution >= 0.6 is 23.2 Å². The molecular weight excluding hydrogens is 399 g/mol. The first-order chi connectivity index (χ1) is 13.5. The number of carbonyl (C=O) groups is 1. The molecule has 0 bridgehead atoms. The molecule has 1 aliphatic carbocycles. The second-order valence-electron chi connectivity index (χ2n) is 7.22. The van der Waals surface area contributed by atoms with Crippen LogP contribution < -0.4 is 4.74 Å². The maximum Gasteiger partial charge on any atom is 0.309 e. The molecule has 28 heavy (non-hydrogen) atoms. The number of halogens is 2. The van der Waals surface area contributed by atoms with Crippen LogP contribution in [0.1, 0.15) is 31.4 Å². The zero-order valence-electron chi connectivity index (χ0n) is 15.8. The van der Waals surface area contributed by atoms with Crippen LogP contribution in [0.3, 0.4) is 0 Å². The molecule has 1 saturated carbocycles. The van der Waals surface area contributed by atoms with Gasteiger partial charge in [0.1, 0.15) is 11.6 Å². The highest BCUT2D eigenvalue weighted by Crippen LogP contribution is 2.49. The number of rotatable bonds is 5. The number of hydrogen-bond acceptors (Lipinski definition) is 5. The monoisotopic (exact) mass is 420 g/mol. The van der Waals surface area contributed by atoms with Crippen molar-refractivity contribution in [3.05, 3.63) is 52.2 Å². The zero-order chi connectivity index (χ0) is 19.8. The molecule has 4 unspecified atom stereocenters. The van der Waals surface area contributed by atoms with Gasteiger partial charge in [0.15, 0.2) is 0 Å². The molecule has 4 rings (SSSR count). The molecule has 1 aromatic rings. The van der Waals surface area contributed by atoms with E-state index in [2.05, 4.69) is 0 Å². The lowest BCUT2D eigenvalue weighted by Gasteiger charge is -2.39. The number of amidine groups is 1. The summed E-state index contributed by atoms with van der Waals surface area (Å²) in [6, 6.07) is 8.03. The van der Waals surface area contributed by atoms with E-state index in [-0.39, 0.29) is 29.9 Å². The van der Waals surface area contributed by atoms with Crippen LogP contribution in [0.5, 0.6) is 5.75 Å². The maximum atomic E-state index is 12.1. The first-order valence-corrected chi connectivity index (χ1v) is 10.2. The van der Waals surface area contributed by atoms with E-state index in [1.165, 1.54) is 0 Å². The van der Waals surface area contributed by atoms with E-state index in [1.54, 1.807) is 13.2 Å². The number of fused-ring (bicyclic) bond motifs is 1. The number of methoxy groups -OCH3 is 1. The van der Waals surface area contributed by atoms with Crippen LogP contribution in [-0.4, -0.2) is 36.5 Å². The van der Waals surface area contributed by atoms with E-state index >= 15 is 0 Å². The van der Waals surface area contributed by atoms with Gasteiger partial charge in [-0.05, 0) is 49.5 Å². The number of benzene rings is 1. The van der Waals surface area contributed by atoms with Gasteiger partial charge >= 0.3 is 5.97 Å². The van der Waals surface area contributed by atoms with Gasteiger partial charge in [0.2, 0.25) is 0 Å². The van der Waals surface area contributed by atoms with E-state index in [1.807, 2.05) is 42.3 Å². The number of aliphatic imine (C=N–C) groups is 1. The van der Waals surface area contributed by atoms with Crippen molar-refractivity contribution in [3.8, 4) is 5.75 Å². The van der Waals surface area contributed by atoms with E-state index in [4.69, 9.17) is 37.7 Å². The number of esters is 1. The van der Waals surface area contributed by atoms with Crippen LogP contribution in [0.15, 0.2) is 51.6 Å². The van der Waals surface area contributed by atoms with Gasteiger partial charge in [0.25, 0.3) is 0 Å². The average Bonchev–Trinajstić information content (AvgIpc) is 3.49. The Morgan fingerprint density at radius 2 is 2.00 bits per heavy atom. The third-order valence-corrected chi connectivity index (χ3v) is 5.98. The maximum absolute atomic E-state index is 12.1. The van der Waals surface area contributed by atoms with Crippen LogP contribution in [0.2, 0.25) is 0 Å². The molecule has 3 aliphatic rings. The van der Waals surface area contributed by atoms with Crippen molar-refractivity contribution in [2.45, 2.75) is 31.8 Å². The number of allylic oxidation sites excluding steroid dienone is 2. The summed E-state index contributed by atoms with van der Waals surface area (Å²) in [7, 11) is 1.65. The molecule has 7 heteroatoms. The van der Waals surface area contributed by atoms with Crippen molar-refractivity contribution in [3.63, 3.8) is 0 Å². The summed E-state index contributed by atoms with van der Waals surface area (Å²) >= 11 is 12.7. The Bertz CT molecular complexity index is 863. The SMILES string of the molecule is CCOC(=O)C1CC1C1CC(c2ccc(OC)cc2)N2C=C(Cl)C=C(Cl)C2=N1. The number of nitrogens with zero attached hydrogens (tertiary/aromatic N) is 2. The van der Waals surface area contributed by atoms with Crippen molar-refractivity contribution in [2.24, 2.45) is 16.8 Å². The highest BCUT2D eigenvalue weighted by atomic mass is 35.5. The van der Waals surface area contributed by atoms with E-state index in [0.717, 1.165) is 24.2 Å². The zero-order valence-corrected chi connectivity index (χ0v) is 17.3. The van der Waals surface area contributed by atoms with Crippen LogP contribution in [0, 0.1) is 11.8 Å². The molecular formula is C21H22Cl2N2O3. The molecule has 0 aromatic heterocycles. The predicted octanol–water partition coefficient (Wildman–Crippen LogP) is 4.62. The highest BCUT2D eigenvalue weighted by molar-refractivity contribution is 6.45. The standard InChI is InChI=1S/C21H22Cl2N2O3/c1-3-28-21(26)16-9-15(16)18-10-19(12-4-6-14(27-2)7-5-12)25-11-13(22)8-17(23)20(25)24-18/h4-8,11,15-16,18-19H,3,9-10H2,1-2H3. The molecule has 0 amide bonds. The smallest absolute Gasteiger partial charge is 0.309 e. The first-order valence-electron chi connectivity index (χ1n) is 9.43. The van der Waals surface area contributed by atoms with Gasteiger partial charge in [0, 0.05) is 6.20 Å². The quantitative estimate of drug-likeness (QED) is 0.651. The molecule has 5 nitrogen and oxygen atoms in total. The topological polar surface area (TPSA) is 51.1 Å². The fraction of sp³-hybridized carbons (Fsp3) is 0.429. The first kappa shape index (κ1) is 19.3. The normalized spacial score (nSPS) is 28.6. The molecule has 1 fully saturated rings. The summed E-state index contributed by atoms with van der Waals surface area (Å²) < 4.78 is 10.5. The number of ether oxygens (including phenoxy) is 2. The Labute approximate surface area is 174 Å². The van der Waals surface area contributed by atoms with Crippen molar-refractivity contribution < 1.29 is 14.3 Å². The van der Waals surface area contributed by atoms with Gasteiger partial charge in [-0.15, -0.1) is 0 Å². The fourth-order valence-corrected chi connectivity index (χ4v) is 4.55. The number of hydrogen-bond donors (Lipinski definition) is 0. The lowest BCUT2D eigenvalue weighted by atomic mass is 9.92. The van der Waals surface area contributed by atoms with Crippen LogP contribution in [0.4, 0.5) is 0 Å². The summed E-state index contributed by atoms with van der Waals surface area (Å²) in [4.78, 5) is 19.0. The third kappa shape index (κ3) is 3.65. The fourth-order valence-electron chi connectivity index (χ4n) is 4.01. The Morgan fingerprint density at radius 1 is 1.25 bits per heavy atom. The lowest BCUT2D eigenvalue weighted by Crippen LogP contribution is -2.40. The minimum atomic E-state index is -0.121. The molecule has 2 aliphatic heterocycles. The van der Waals surface area contributed by atoms with Crippen molar-refractivity contribution in [1.82, 2.24) is 4.90 Å². The summed E-state index contributed by atoms with van der Waals surface area (Å²) in [6.45, 7) is 2.23. The predicted molar refractivity (Wildman–Crippen MR) is 110 cm³/mol. The second kappa shape index (κ2) is 7.80. The molecule has 2 heterocycles. The van der Waals surface area contributed by atoms with E-state index < -0.39 is 0 Å². The highest BCUT2D eigenvalue weighted by Gasteiger charge is 2.51. The van der Waals surface area contributed by atoms with Crippen LogP contribution in [-0.2, 0) is 9.53 Å². The van der Waals surface area contributed by atoms with Crippen molar-refractivity contribution >= 4 is 35.0 Å². The third-order valence-electron chi connectivity index (χ3n) is 5.50. The Hall–Kier alpha value is -1.98. The van der Waals surface area contributed by atoms with Crippen molar-refractivity contribution in [1.29, 1.82) is 0 Å². The largest absolute Gasteiger partial charge is 0.497 e. The Kier molecular flexibility index (Phi) is 5.39. The average molecular weight is 421 g/mol. The minimum Gasteiger partial charge on any atom is -0.497 e. The van der Waals surface area contributed by atoms with Crippen molar-refractivity contribution in [2.75, 3.05) is 13.7 Å². The molecule has 0 radical (unpaired) electrons. The summed E-state index contributed by atoms with van der Waals surface area (Å²) in [5.74, 6) is 1.52. The van der Waals surface area contributed by atoms with Gasteiger partial charge in [0.05, 0.1) is 41.8 Å². The minimum absolute atomic E-state index is 0.0141. The number of carbonyl (C=O) groups excluding carboxylic acids is 1. The summed E-state index contributed by atoms with van der Waals surface area (Å²) in [5, 5.41) is 1.08. The van der Waals surface area contributed by atoms with Crippen LogP contribution in [0.25, 0.3) is 0 Å². The van der Waals surface area contributed by atoms with Gasteiger partial charge in [-0.3, -0.25) is 9.79 Å². The molecule has 0 N–H and O–H groups in total. The van der Waals surface area contributed by atoms with Gasteiger partial charge < -0.3 is 14.4 Å². The Balaban J connectivity index is 1.64. The molecule has 1 aromatic carbocycles. The van der Waals surface area contributed by atoms with E-state index in [9.17, 15) is 4.79 Å². The van der Waals surface area contributed by atoms with Gasteiger partial charge in [-0.25, -0.2) is 0 Å². The second-order valence-corrected chi connectivity index (χ2v) is 8.06. The molecule has 148 valence electrons. The summed E-state index contributed by atoms with van der Waals surface area (Å²) in [5.41, 5.74) is 1.12. The lowest BCUT2D eigenvalue weighted by molar-refractivity contribution is -0.145. The summed E-state index contributed by atoms with van der Waals surface area (Å²) in [6.07, 6.45) is 5.17. The van der Waals surface area contributed by atoms with E-state index in [0.29, 0.717) is 22.5 Å². The molecule has 4 atom stereocenters.